The normalized spacial score (nSPS) is 25.5. The Bertz CT molecular complexity index is 2440. The number of carboxylic acid groups (broad SMARTS) is 1. The van der Waals surface area contributed by atoms with Crippen LogP contribution in [0.25, 0.3) is 0 Å². The maximum Gasteiger partial charge on any atom is 0.417 e. The number of anilines is 2. The van der Waals surface area contributed by atoms with Gasteiger partial charge in [-0.05, 0) is 66.8 Å². The third-order valence-electron chi connectivity index (χ3n) is 11.4. The third-order valence-corrected chi connectivity index (χ3v) is 12.0. The molecule has 17 heteroatoms. The highest BCUT2D eigenvalue weighted by atomic mass is 35.5. The highest BCUT2D eigenvalue weighted by Gasteiger charge is 2.71. The SMILES string of the molecule is COc1cc(O)ccc1C1C2=CCC3C(=O)N(c4cccc(C(=O)O)c4)C(=O)C3C2CC2C(=O)N(Nc3ncc(C(F)(F)F)cc3Cl)C(=O)C21c1ccc(Cl)cc1. The molecule has 1 saturated carbocycles. The minimum Gasteiger partial charge on any atom is -0.508 e. The summed E-state index contributed by atoms with van der Waals surface area (Å²) in [5.74, 6) is -9.73. The van der Waals surface area contributed by atoms with Gasteiger partial charge in [-0.15, -0.1) is 0 Å². The Morgan fingerprint density at radius 2 is 1.70 bits per heavy atom. The molecule has 3 N–H and O–H groups in total. The summed E-state index contributed by atoms with van der Waals surface area (Å²) >= 11 is 12.6. The summed E-state index contributed by atoms with van der Waals surface area (Å²) in [6, 6.07) is 16.5. The average molecular weight is 822 g/mol. The average Bonchev–Trinajstić information content (AvgIpc) is 3.56. The molecule has 2 aliphatic carbocycles. The fraction of sp³-hybridized carbons (Fsp3) is 0.250. The van der Waals surface area contributed by atoms with Crippen molar-refractivity contribution in [1.82, 2.24) is 9.99 Å². The number of fused-ring (bicyclic) bond motifs is 4. The number of aromatic hydroxyl groups is 1. The summed E-state index contributed by atoms with van der Waals surface area (Å²) in [5, 5.41) is 20.6. The largest absolute Gasteiger partial charge is 0.508 e. The number of carbonyl (C=O) groups excluding carboxylic acids is 4. The van der Waals surface area contributed by atoms with Gasteiger partial charge >= 0.3 is 12.1 Å². The first-order valence-electron chi connectivity index (χ1n) is 17.5. The summed E-state index contributed by atoms with van der Waals surface area (Å²) in [6.45, 7) is 0. The predicted octanol–water partition coefficient (Wildman–Crippen LogP) is 7.01. The van der Waals surface area contributed by atoms with Crippen molar-refractivity contribution in [2.75, 3.05) is 17.4 Å². The molecule has 57 heavy (non-hydrogen) atoms. The molecule has 6 atom stereocenters. The Morgan fingerprint density at radius 3 is 2.37 bits per heavy atom. The van der Waals surface area contributed by atoms with Crippen LogP contribution in [0.15, 0.2) is 90.6 Å². The molecule has 3 aromatic carbocycles. The summed E-state index contributed by atoms with van der Waals surface area (Å²) in [6.07, 6.45) is -2.60. The van der Waals surface area contributed by atoms with Gasteiger partial charge in [0.2, 0.25) is 11.8 Å². The van der Waals surface area contributed by atoms with Crippen LogP contribution < -0.4 is 15.1 Å². The lowest BCUT2D eigenvalue weighted by atomic mass is 9.49. The molecule has 4 aromatic rings. The zero-order chi connectivity index (χ0) is 40.7. The molecule has 6 unspecified atom stereocenters. The number of nitrogens with one attached hydrogen (secondary N) is 1. The number of phenols is 1. The van der Waals surface area contributed by atoms with Crippen LogP contribution >= 0.6 is 23.2 Å². The van der Waals surface area contributed by atoms with Crippen LogP contribution in [0.3, 0.4) is 0 Å². The smallest absolute Gasteiger partial charge is 0.417 e. The lowest BCUT2D eigenvalue weighted by Crippen LogP contribution is -2.53. The molecule has 0 spiro atoms. The summed E-state index contributed by atoms with van der Waals surface area (Å²) in [5.41, 5.74) is 0.703. The molecule has 3 heterocycles. The molecule has 2 saturated heterocycles. The van der Waals surface area contributed by atoms with Gasteiger partial charge in [0, 0.05) is 28.8 Å². The lowest BCUT2D eigenvalue weighted by Gasteiger charge is -2.50. The molecular weight excluding hydrogens is 792 g/mol. The van der Waals surface area contributed by atoms with Crippen LogP contribution in [-0.4, -0.2) is 56.9 Å². The van der Waals surface area contributed by atoms with E-state index in [0.717, 1.165) is 4.90 Å². The second kappa shape index (κ2) is 13.6. The molecule has 0 radical (unpaired) electrons. The third kappa shape index (κ3) is 5.81. The summed E-state index contributed by atoms with van der Waals surface area (Å²) in [7, 11) is 1.35. The van der Waals surface area contributed by atoms with Crippen LogP contribution in [0.1, 0.15) is 45.8 Å². The van der Waals surface area contributed by atoms with Gasteiger partial charge in [0.1, 0.15) is 11.5 Å². The van der Waals surface area contributed by atoms with Crippen molar-refractivity contribution in [2.24, 2.45) is 23.7 Å². The Labute approximate surface area is 331 Å². The maximum atomic E-state index is 15.4. The minimum absolute atomic E-state index is 0.0453. The van der Waals surface area contributed by atoms with Crippen molar-refractivity contribution in [1.29, 1.82) is 0 Å². The highest BCUT2D eigenvalue weighted by Crippen LogP contribution is 2.65. The first kappa shape index (κ1) is 38.0. The van der Waals surface area contributed by atoms with E-state index in [2.05, 4.69) is 10.4 Å². The number of carboxylic acids is 1. The molecule has 12 nitrogen and oxygen atoms in total. The number of amides is 4. The molecule has 1 aromatic heterocycles. The van der Waals surface area contributed by atoms with E-state index in [4.69, 9.17) is 27.9 Å². The van der Waals surface area contributed by atoms with Gasteiger partial charge in [-0.3, -0.25) is 29.5 Å². The number of aromatic carboxylic acids is 1. The number of methoxy groups -OCH3 is 1. The van der Waals surface area contributed by atoms with Gasteiger partial charge in [0.15, 0.2) is 5.82 Å². The van der Waals surface area contributed by atoms with Crippen molar-refractivity contribution in [2.45, 2.75) is 30.4 Å². The van der Waals surface area contributed by atoms with E-state index < -0.39 is 87.2 Å². The zero-order valence-corrected chi connectivity index (χ0v) is 31.0. The number of imide groups is 2. The van der Waals surface area contributed by atoms with Gasteiger partial charge in [-0.25, -0.2) is 9.78 Å². The number of hydrazine groups is 1. The summed E-state index contributed by atoms with van der Waals surface area (Å²) in [4.78, 5) is 75.4. The van der Waals surface area contributed by atoms with E-state index in [-0.39, 0.29) is 35.6 Å². The molecule has 4 aliphatic rings. The Kier molecular flexibility index (Phi) is 9.08. The van der Waals surface area contributed by atoms with Crippen molar-refractivity contribution in [3.05, 3.63) is 123 Å². The Balaban J connectivity index is 1.32. The van der Waals surface area contributed by atoms with Gasteiger partial charge in [0.25, 0.3) is 11.8 Å². The van der Waals surface area contributed by atoms with E-state index in [1.165, 1.54) is 61.7 Å². The molecule has 2 aliphatic heterocycles. The molecule has 3 fully saturated rings. The van der Waals surface area contributed by atoms with Crippen LogP contribution in [0.4, 0.5) is 24.7 Å². The fourth-order valence-corrected chi connectivity index (χ4v) is 9.43. The topological polar surface area (TPSA) is 166 Å². The van der Waals surface area contributed by atoms with Gasteiger partial charge in [0.05, 0.1) is 52.1 Å². The number of alkyl halides is 3. The Hall–Kier alpha value is -5.93. The van der Waals surface area contributed by atoms with Crippen LogP contribution in [0.2, 0.25) is 10.0 Å². The zero-order valence-electron chi connectivity index (χ0n) is 29.5. The first-order chi connectivity index (χ1) is 27.1. The fourth-order valence-electron chi connectivity index (χ4n) is 9.10. The molecular formula is C40H29Cl2F3N4O8. The number of halogens is 5. The van der Waals surface area contributed by atoms with Crippen molar-refractivity contribution >= 4 is 64.3 Å². The van der Waals surface area contributed by atoms with Crippen molar-refractivity contribution in [3.63, 3.8) is 0 Å². The maximum absolute atomic E-state index is 15.4. The van der Waals surface area contributed by atoms with Gasteiger partial charge in [-0.1, -0.05) is 59.1 Å². The number of rotatable bonds is 7. The van der Waals surface area contributed by atoms with Gasteiger partial charge in [-0.2, -0.15) is 18.2 Å². The molecule has 4 amide bonds. The second-order valence-corrected chi connectivity index (χ2v) is 15.1. The molecule has 8 rings (SSSR count). The number of hydrogen-bond donors (Lipinski definition) is 3. The number of phenolic OH excluding ortho intramolecular Hbond substituents is 1. The van der Waals surface area contributed by atoms with Crippen LogP contribution in [-0.2, 0) is 30.8 Å². The van der Waals surface area contributed by atoms with E-state index in [9.17, 15) is 42.6 Å². The number of hydrogen-bond acceptors (Lipinski definition) is 9. The van der Waals surface area contributed by atoms with Crippen molar-refractivity contribution < 1.29 is 52.1 Å². The number of carbonyl (C=O) groups is 5. The van der Waals surface area contributed by atoms with E-state index in [0.29, 0.717) is 39.0 Å². The van der Waals surface area contributed by atoms with Gasteiger partial charge < -0.3 is 14.9 Å². The van der Waals surface area contributed by atoms with E-state index in [1.54, 1.807) is 18.2 Å². The number of nitrogens with zero attached hydrogens (tertiary/aromatic N) is 3. The monoisotopic (exact) mass is 820 g/mol. The number of aromatic nitrogens is 1. The standard InChI is InChI=1S/C40H29Cl2F3N4O8/c1-57-30-15-23(50)9-10-25(30)32-24-11-12-26-31(36(53)48(34(26)51)22-4-2-3-18(13-22)37(54)55)27(24)16-28-35(52)49(38(56)39(28,32)19-5-7-21(41)8-6-19)47-33-29(42)14-20(17-46-33)40(43,44)45/h2-11,13-15,17,26-28,31-32,50H,12,16H2,1H3,(H,46,47)(H,54,55). The van der Waals surface area contributed by atoms with E-state index >= 15 is 4.79 Å². The number of pyridine rings is 1. The number of benzene rings is 3. The van der Waals surface area contributed by atoms with Crippen LogP contribution in [0.5, 0.6) is 11.5 Å². The lowest BCUT2D eigenvalue weighted by molar-refractivity contribution is -0.139. The minimum atomic E-state index is -4.78. The van der Waals surface area contributed by atoms with Crippen molar-refractivity contribution in [3.8, 4) is 11.5 Å². The van der Waals surface area contributed by atoms with Crippen LogP contribution in [0, 0.1) is 23.7 Å². The number of ether oxygens (including phenoxy) is 1. The quantitative estimate of drug-likeness (QED) is 0.130. The summed E-state index contributed by atoms with van der Waals surface area (Å²) < 4.78 is 46.2. The predicted molar refractivity (Wildman–Crippen MR) is 197 cm³/mol. The highest BCUT2D eigenvalue weighted by molar-refractivity contribution is 6.33. The van der Waals surface area contributed by atoms with E-state index in [1.807, 2.05) is 0 Å². The molecule has 292 valence electrons. The molecule has 0 bridgehead atoms. The number of allylic oxidation sites excluding steroid dienone is 2. The first-order valence-corrected chi connectivity index (χ1v) is 18.2. The second-order valence-electron chi connectivity index (χ2n) is 14.2. The Morgan fingerprint density at radius 1 is 0.965 bits per heavy atom.